The Bertz CT molecular complexity index is 42.9. The molecule has 0 bridgehead atoms. The smallest absolute Gasteiger partial charge is 0.0828 e. The zero-order chi connectivity index (χ0) is 3.54. The lowest BCUT2D eigenvalue weighted by Gasteiger charge is -1.73. The maximum absolute atomic E-state index is 3.79. The summed E-state index contributed by atoms with van der Waals surface area (Å²) in [6.07, 6.45) is 1.68. The van der Waals surface area contributed by atoms with Gasteiger partial charge in [-0.2, -0.15) is 0 Å². The van der Waals surface area contributed by atoms with Crippen LogP contribution in [0.3, 0.4) is 0 Å². The standard InChI is InChI=1S/C3H5N2/c1-2-5-3-4-1/h1,3H,2H2,(H,4,5). The van der Waals surface area contributed by atoms with Gasteiger partial charge in [-0.25, -0.2) is 0 Å². The van der Waals surface area contributed by atoms with Crippen LogP contribution in [0.5, 0.6) is 0 Å². The summed E-state index contributed by atoms with van der Waals surface area (Å²) >= 11 is 0. The number of nitrogens with zero attached hydrogens (tertiary/aromatic N) is 1. The molecule has 0 spiro atoms. The Labute approximate surface area is 30.9 Å². The molecule has 0 aromatic carbocycles. The van der Waals surface area contributed by atoms with E-state index >= 15 is 0 Å². The Morgan fingerprint density at radius 1 is 1.80 bits per heavy atom. The highest BCUT2D eigenvalue weighted by Crippen LogP contribution is 1.75. The van der Waals surface area contributed by atoms with Crippen molar-refractivity contribution in [2.45, 2.75) is 0 Å². The number of aliphatic imine (C=N–C) groups is 1. The maximum atomic E-state index is 3.79. The van der Waals surface area contributed by atoms with Crippen molar-refractivity contribution in [3.05, 3.63) is 6.54 Å². The summed E-state index contributed by atoms with van der Waals surface area (Å²) < 4.78 is 0. The lowest BCUT2D eigenvalue weighted by atomic mass is 10.7. The van der Waals surface area contributed by atoms with Gasteiger partial charge < -0.3 is 5.32 Å². The SMILES string of the molecule is [CH]1CN=CN1. The third-order valence-corrected chi connectivity index (χ3v) is 0.480. The fourth-order valence-electron chi connectivity index (χ4n) is 0.264. The molecule has 0 aromatic heterocycles. The summed E-state index contributed by atoms with van der Waals surface area (Å²) in [4.78, 5) is 3.79. The van der Waals surface area contributed by atoms with Crippen LogP contribution in [-0.2, 0) is 0 Å². The van der Waals surface area contributed by atoms with Crippen molar-refractivity contribution < 1.29 is 0 Å². The predicted molar refractivity (Wildman–Crippen MR) is 20.8 cm³/mol. The van der Waals surface area contributed by atoms with Crippen LogP contribution in [0, 0.1) is 6.54 Å². The molecular formula is C3H5N2. The average molecular weight is 69.1 g/mol. The summed E-state index contributed by atoms with van der Waals surface area (Å²) in [5.74, 6) is 0. The minimum absolute atomic E-state index is 0.833. The Morgan fingerprint density at radius 2 is 2.80 bits per heavy atom. The summed E-state index contributed by atoms with van der Waals surface area (Å²) in [6.45, 7) is 2.72. The van der Waals surface area contributed by atoms with Gasteiger partial charge in [0.15, 0.2) is 0 Å². The lowest BCUT2D eigenvalue weighted by Crippen LogP contribution is -1.97. The first kappa shape index (κ1) is 2.69. The Morgan fingerprint density at radius 3 is 3.00 bits per heavy atom. The fourth-order valence-corrected chi connectivity index (χ4v) is 0.264. The van der Waals surface area contributed by atoms with E-state index in [4.69, 9.17) is 0 Å². The van der Waals surface area contributed by atoms with Crippen molar-refractivity contribution in [1.82, 2.24) is 5.32 Å². The van der Waals surface area contributed by atoms with Gasteiger partial charge in [0.2, 0.25) is 0 Å². The second-order valence-corrected chi connectivity index (χ2v) is 0.865. The molecule has 1 aliphatic heterocycles. The summed E-state index contributed by atoms with van der Waals surface area (Å²) in [5.41, 5.74) is 0. The van der Waals surface area contributed by atoms with Gasteiger partial charge in [0.25, 0.3) is 0 Å². The number of rotatable bonds is 0. The lowest BCUT2D eigenvalue weighted by molar-refractivity contribution is 1.11. The molecule has 0 aromatic rings. The summed E-state index contributed by atoms with van der Waals surface area (Å²) in [5, 5.41) is 2.81. The zero-order valence-corrected chi connectivity index (χ0v) is 2.81. The van der Waals surface area contributed by atoms with E-state index in [9.17, 15) is 0 Å². The van der Waals surface area contributed by atoms with E-state index in [1.165, 1.54) is 0 Å². The van der Waals surface area contributed by atoms with Crippen LogP contribution in [0.15, 0.2) is 4.99 Å². The fraction of sp³-hybridized carbons (Fsp3) is 0.333. The van der Waals surface area contributed by atoms with Gasteiger partial charge in [-0.15, -0.1) is 0 Å². The monoisotopic (exact) mass is 69.0 g/mol. The third-order valence-electron chi connectivity index (χ3n) is 0.480. The van der Waals surface area contributed by atoms with Crippen LogP contribution >= 0.6 is 0 Å². The minimum Gasteiger partial charge on any atom is -0.370 e. The number of hydrogen-bond acceptors (Lipinski definition) is 2. The molecule has 1 heterocycles. The molecule has 0 saturated carbocycles. The number of hydrogen-bond donors (Lipinski definition) is 1. The molecular weight excluding hydrogens is 64.0 g/mol. The maximum Gasteiger partial charge on any atom is 0.0828 e. The molecule has 2 nitrogen and oxygen atoms in total. The summed E-state index contributed by atoms with van der Waals surface area (Å²) in [7, 11) is 0. The van der Waals surface area contributed by atoms with Crippen molar-refractivity contribution >= 4 is 6.34 Å². The first-order valence-electron chi connectivity index (χ1n) is 1.56. The molecule has 1 radical (unpaired) electrons. The van der Waals surface area contributed by atoms with E-state index < -0.39 is 0 Å². The van der Waals surface area contributed by atoms with Gasteiger partial charge in [-0.1, -0.05) is 0 Å². The molecule has 0 aliphatic carbocycles. The minimum atomic E-state index is 0.833. The number of nitrogens with one attached hydrogen (secondary N) is 1. The molecule has 0 atom stereocenters. The van der Waals surface area contributed by atoms with Gasteiger partial charge in [-0.05, 0) is 0 Å². The topological polar surface area (TPSA) is 24.4 Å². The second kappa shape index (κ2) is 1.06. The molecule has 1 N–H and O–H groups in total. The van der Waals surface area contributed by atoms with Crippen LogP contribution in [0.2, 0.25) is 0 Å². The van der Waals surface area contributed by atoms with E-state index in [0.29, 0.717) is 0 Å². The molecule has 27 valence electrons. The highest BCUT2D eigenvalue weighted by atomic mass is 15.0. The Kier molecular flexibility index (Phi) is 0.571. The van der Waals surface area contributed by atoms with Crippen molar-refractivity contribution in [3.8, 4) is 0 Å². The molecule has 0 amide bonds. The van der Waals surface area contributed by atoms with Gasteiger partial charge in [0, 0.05) is 0 Å². The van der Waals surface area contributed by atoms with Crippen molar-refractivity contribution in [1.29, 1.82) is 0 Å². The van der Waals surface area contributed by atoms with Crippen LogP contribution in [0.1, 0.15) is 0 Å². The van der Waals surface area contributed by atoms with Gasteiger partial charge in [0.05, 0.1) is 19.4 Å². The summed E-state index contributed by atoms with van der Waals surface area (Å²) in [6, 6.07) is 0. The largest absolute Gasteiger partial charge is 0.370 e. The molecule has 2 heteroatoms. The van der Waals surface area contributed by atoms with E-state index in [2.05, 4.69) is 10.3 Å². The first-order valence-corrected chi connectivity index (χ1v) is 1.56. The van der Waals surface area contributed by atoms with Crippen LogP contribution in [0.4, 0.5) is 0 Å². The molecule has 0 unspecified atom stereocenters. The zero-order valence-electron chi connectivity index (χ0n) is 2.81. The van der Waals surface area contributed by atoms with E-state index in [-0.39, 0.29) is 0 Å². The molecule has 5 heavy (non-hydrogen) atoms. The van der Waals surface area contributed by atoms with Gasteiger partial charge in [-0.3, -0.25) is 4.99 Å². The molecule has 1 rings (SSSR count). The van der Waals surface area contributed by atoms with E-state index in [0.717, 1.165) is 6.54 Å². The van der Waals surface area contributed by atoms with Crippen molar-refractivity contribution in [3.63, 3.8) is 0 Å². The van der Waals surface area contributed by atoms with Crippen molar-refractivity contribution in [2.24, 2.45) is 4.99 Å². The highest BCUT2D eigenvalue weighted by molar-refractivity contribution is 5.57. The van der Waals surface area contributed by atoms with E-state index in [1.54, 1.807) is 6.34 Å². The molecule has 0 fully saturated rings. The first-order chi connectivity index (χ1) is 2.50. The predicted octanol–water partition coefficient (Wildman–Crippen LogP) is -0.220. The average Bonchev–Trinajstić information content (AvgIpc) is 1.76. The molecule has 1 aliphatic rings. The van der Waals surface area contributed by atoms with Gasteiger partial charge in [0.1, 0.15) is 0 Å². The second-order valence-electron chi connectivity index (χ2n) is 0.865. The Balaban J connectivity index is 2.32. The van der Waals surface area contributed by atoms with Crippen molar-refractivity contribution in [2.75, 3.05) is 6.54 Å². The van der Waals surface area contributed by atoms with Crippen LogP contribution < -0.4 is 5.32 Å². The van der Waals surface area contributed by atoms with E-state index in [1.807, 2.05) is 6.54 Å². The molecule has 0 saturated heterocycles. The quantitative estimate of drug-likeness (QED) is 0.418. The third kappa shape index (κ3) is 0.375. The Hall–Kier alpha value is -0.530. The highest BCUT2D eigenvalue weighted by Gasteiger charge is 1.83. The normalized spacial score (nSPS) is 19.2. The van der Waals surface area contributed by atoms with Crippen LogP contribution in [0.25, 0.3) is 0 Å². The van der Waals surface area contributed by atoms with Crippen LogP contribution in [-0.4, -0.2) is 12.9 Å². The van der Waals surface area contributed by atoms with Gasteiger partial charge >= 0.3 is 0 Å².